The Kier molecular flexibility index (Phi) is 0.592. The molecule has 0 fully saturated rings. The lowest BCUT2D eigenvalue weighted by atomic mass is 10.5. The molecule has 1 aliphatic rings. The quantitative estimate of drug-likeness (QED) is 0.475. The number of nitrogens with zero attached hydrogens (tertiary/aromatic N) is 2. The van der Waals surface area contributed by atoms with Crippen molar-refractivity contribution >= 4 is 6.08 Å². The van der Waals surface area contributed by atoms with Gasteiger partial charge in [0, 0.05) is 6.54 Å². The van der Waals surface area contributed by atoms with Crippen LogP contribution in [0.2, 0.25) is 0 Å². The minimum absolute atomic E-state index is 0.870. The largest absolute Gasteiger partial charge is 0.327 e. The van der Waals surface area contributed by atoms with Crippen molar-refractivity contribution < 1.29 is 0 Å². The first-order valence-corrected chi connectivity index (χ1v) is 2.53. The van der Waals surface area contributed by atoms with Gasteiger partial charge in [-0.25, -0.2) is 4.98 Å². The molecule has 0 atom stereocenters. The fraction of sp³-hybridized carbons (Fsp3) is 0.167. The summed E-state index contributed by atoms with van der Waals surface area (Å²) in [6.45, 7) is 0.870. The molecule has 0 unspecified atom stereocenters. The summed E-state index contributed by atoms with van der Waals surface area (Å²) in [4.78, 5) is 3.94. The molecule has 2 nitrogen and oxygen atoms in total. The molecule has 2 heterocycles. The molecule has 1 aromatic rings. The summed E-state index contributed by atoms with van der Waals surface area (Å²) in [6, 6.07) is 0. The molecule has 0 N–H and O–H groups in total. The molecule has 0 saturated heterocycles. The van der Waals surface area contributed by atoms with E-state index >= 15 is 0 Å². The maximum Gasteiger partial charge on any atom is 0.0953 e. The first kappa shape index (κ1) is 3.89. The topological polar surface area (TPSA) is 17.8 Å². The van der Waals surface area contributed by atoms with Gasteiger partial charge >= 0.3 is 0 Å². The minimum Gasteiger partial charge on any atom is -0.327 e. The van der Waals surface area contributed by atoms with E-state index in [2.05, 4.69) is 11.1 Å². The molecule has 1 aromatic heterocycles. The Morgan fingerprint density at radius 2 is 2.75 bits per heavy atom. The Hall–Kier alpha value is -1.05. The van der Waals surface area contributed by atoms with Crippen molar-refractivity contribution in [3.63, 3.8) is 0 Å². The number of allylic oxidation sites excluding steroid dienone is 1. The van der Waals surface area contributed by atoms with Crippen LogP contribution < -0.4 is 0 Å². The molecule has 8 heavy (non-hydrogen) atoms. The van der Waals surface area contributed by atoms with Gasteiger partial charge in [0.15, 0.2) is 0 Å². The van der Waals surface area contributed by atoms with Gasteiger partial charge < -0.3 is 4.57 Å². The molecule has 0 amide bonds. The summed E-state index contributed by atoms with van der Waals surface area (Å²) in [6.07, 6.45) is 8.66. The average molecular weight is 105 g/mol. The van der Waals surface area contributed by atoms with E-state index in [0.29, 0.717) is 0 Å². The molecular formula is C6H5N2. The predicted octanol–water partition coefficient (Wildman–Crippen LogP) is 0.713. The zero-order valence-electron chi connectivity index (χ0n) is 4.33. The number of aromatic nitrogens is 2. The van der Waals surface area contributed by atoms with Crippen LogP contribution in [0.15, 0.2) is 12.5 Å². The van der Waals surface area contributed by atoms with Crippen molar-refractivity contribution in [2.24, 2.45) is 0 Å². The SMILES string of the molecule is [C]1=Cc2cncn2C1. The summed E-state index contributed by atoms with van der Waals surface area (Å²) in [5.74, 6) is 0. The summed E-state index contributed by atoms with van der Waals surface area (Å²) < 4.78 is 2.04. The van der Waals surface area contributed by atoms with Gasteiger partial charge in [-0.3, -0.25) is 0 Å². The number of hydrogen-bond donors (Lipinski definition) is 0. The molecule has 1 radical (unpaired) electrons. The average Bonchev–Trinajstić information content (AvgIpc) is 2.15. The van der Waals surface area contributed by atoms with Gasteiger partial charge in [-0.05, 0) is 12.2 Å². The zero-order valence-corrected chi connectivity index (χ0v) is 4.33. The second-order valence-electron chi connectivity index (χ2n) is 1.79. The second-order valence-corrected chi connectivity index (χ2v) is 1.79. The summed E-state index contributed by atoms with van der Waals surface area (Å²) in [5.41, 5.74) is 1.16. The normalized spacial score (nSPS) is 14.5. The highest BCUT2D eigenvalue weighted by Gasteiger charge is 2.00. The van der Waals surface area contributed by atoms with Crippen LogP contribution in [0.1, 0.15) is 5.69 Å². The van der Waals surface area contributed by atoms with E-state index in [-0.39, 0.29) is 0 Å². The molecule has 1 aliphatic heterocycles. The van der Waals surface area contributed by atoms with Crippen LogP contribution in [0.4, 0.5) is 0 Å². The van der Waals surface area contributed by atoms with Crippen LogP contribution in [-0.4, -0.2) is 9.55 Å². The summed E-state index contributed by atoms with van der Waals surface area (Å²) in [7, 11) is 0. The predicted molar refractivity (Wildman–Crippen MR) is 29.9 cm³/mol. The third-order valence-corrected chi connectivity index (χ3v) is 1.26. The first-order chi connectivity index (χ1) is 3.97. The third kappa shape index (κ3) is 0.346. The fourth-order valence-electron chi connectivity index (χ4n) is 0.832. The standard InChI is InChI=1S/C6H5N2/c1-2-6-4-7-5-8(6)3-1/h2,4-5H,3H2. The Bertz CT molecular complexity index is 222. The molecule has 0 bridgehead atoms. The monoisotopic (exact) mass is 105 g/mol. The third-order valence-electron chi connectivity index (χ3n) is 1.26. The lowest BCUT2D eigenvalue weighted by Crippen LogP contribution is -1.87. The van der Waals surface area contributed by atoms with Crippen LogP contribution in [-0.2, 0) is 6.54 Å². The van der Waals surface area contributed by atoms with E-state index in [1.165, 1.54) is 0 Å². The Morgan fingerprint density at radius 1 is 1.75 bits per heavy atom. The number of fused-ring (bicyclic) bond motifs is 1. The van der Waals surface area contributed by atoms with Crippen molar-refractivity contribution in [1.29, 1.82) is 0 Å². The van der Waals surface area contributed by atoms with Gasteiger partial charge in [-0.15, -0.1) is 0 Å². The van der Waals surface area contributed by atoms with Gasteiger partial charge in [0.25, 0.3) is 0 Å². The van der Waals surface area contributed by atoms with Gasteiger partial charge in [0.2, 0.25) is 0 Å². The van der Waals surface area contributed by atoms with Crippen LogP contribution in [0.3, 0.4) is 0 Å². The molecule has 0 aromatic carbocycles. The van der Waals surface area contributed by atoms with Gasteiger partial charge in [-0.2, -0.15) is 0 Å². The Morgan fingerprint density at radius 3 is 3.62 bits per heavy atom. The van der Waals surface area contributed by atoms with Crippen molar-refractivity contribution in [2.45, 2.75) is 6.54 Å². The van der Waals surface area contributed by atoms with E-state index < -0.39 is 0 Å². The molecule has 2 heteroatoms. The van der Waals surface area contributed by atoms with Crippen LogP contribution in [0, 0.1) is 6.08 Å². The van der Waals surface area contributed by atoms with Crippen LogP contribution >= 0.6 is 0 Å². The van der Waals surface area contributed by atoms with Crippen LogP contribution in [0.25, 0.3) is 6.08 Å². The second kappa shape index (κ2) is 1.22. The summed E-state index contributed by atoms with van der Waals surface area (Å²) >= 11 is 0. The van der Waals surface area contributed by atoms with Crippen molar-refractivity contribution in [3.8, 4) is 0 Å². The molecule has 0 spiro atoms. The Balaban J connectivity index is 2.67. The lowest BCUT2D eigenvalue weighted by Gasteiger charge is -1.88. The van der Waals surface area contributed by atoms with E-state index in [0.717, 1.165) is 12.2 Å². The Labute approximate surface area is 47.5 Å². The maximum atomic E-state index is 3.94. The van der Waals surface area contributed by atoms with Gasteiger partial charge in [0.1, 0.15) is 0 Å². The van der Waals surface area contributed by atoms with Crippen molar-refractivity contribution in [2.75, 3.05) is 0 Å². The van der Waals surface area contributed by atoms with Gasteiger partial charge in [-0.1, -0.05) is 0 Å². The fourth-order valence-corrected chi connectivity index (χ4v) is 0.832. The van der Waals surface area contributed by atoms with Crippen molar-refractivity contribution in [3.05, 3.63) is 24.3 Å². The summed E-state index contributed by atoms with van der Waals surface area (Å²) in [5, 5.41) is 0. The minimum atomic E-state index is 0.870. The maximum absolute atomic E-state index is 3.94. The highest BCUT2D eigenvalue weighted by molar-refractivity contribution is 5.44. The lowest BCUT2D eigenvalue weighted by molar-refractivity contribution is 0.825. The molecular weight excluding hydrogens is 100 g/mol. The highest BCUT2D eigenvalue weighted by Crippen LogP contribution is 2.07. The van der Waals surface area contributed by atoms with E-state index in [1.54, 1.807) is 0 Å². The van der Waals surface area contributed by atoms with E-state index in [1.807, 2.05) is 23.2 Å². The zero-order chi connectivity index (χ0) is 5.40. The number of imidazole rings is 1. The molecule has 0 aliphatic carbocycles. The van der Waals surface area contributed by atoms with E-state index in [9.17, 15) is 0 Å². The van der Waals surface area contributed by atoms with Gasteiger partial charge in [0.05, 0.1) is 18.2 Å². The highest BCUT2D eigenvalue weighted by atomic mass is 15.0. The molecule has 0 saturated carbocycles. The van der Waals surface area contributed by atoms with Crippen molar-refractivity contribution in [1.82, 2.24) is 9.55 Å². The molecule has 39 valence electrons. The van der Waals surface area contributed by atoms with Crippen LogP contribution in [0.5, 0.6) is 0 Å². The number of rotatable bonds is 0. The molecule has 2 rings (SSSR count). The van der Waals surface area contributed by atoms with E-state index in [4.69, 9.17) is 0 Å². The first-order valence-electron chi connectivity index (χ1n) is 2.53. The number of hydrogen-bond acceptors (Lipinski definition) is 1. The smallest absolute Gasteiger partial charge is 0.0953 e.